The maximum absolute atomic E-state index is 11.6. The topological polar surface area (TPSA) is 70.6 Å². The Hall–Kier alpha value is -1.75. The Balaban J connectivity index is 1.78. The number of amides is 2. The van der Waals surface area contributed by atoms with E-state index in [2.05, 4.69) is 10.6 Å². The van der Waals surface area contributed by atoms with E-state index >= 15 is 0 Å². The van der Waals surface area contributed by atoms with Crippen LogP contribution in [-0.4, -0.2) is 30.9 Å². The molecule has 5 heteroatoms. The molecule has 0 radical (unpaired) electrons. The maximum Gasteiger partial charge on any atom is 0.315 e. The molecule has 1 fully saturated rings. The normalized spacial score (nSPS) is 13.9. The van der Waals surface area contributed by atoms with Crippen molar-refractivity contribution < 1.29 is 14.6 Å². The van der Waals surface area contributed by atoms with Crippen LogP contribution in [0.4, 0.5) is 4.79 Å². The van der Waals surface area contributed by atoms with Crippen molar-refractivity contribution in [2.75, 3.05) is 19.8 Å². The molecule has 5 nitrogen and oxygen atoms in total. The Bertz CT molecular complexity index is 419. The lowest BCUT2D eigenvalue weighted by Crippen LogP contribution is -2.36. The molecule has 0 saturated heterocycles. The minimum atomic E-state index is -0.149. The lowest BCUT2D eigenvalue weighted by Gasteiger charge is -2.12. The van der Waals surface area contributed by atoms with E-state index in [4.69, 9.17) is 9.84 Å². The summed E-state index contributed by atoms with van der Waals surface area (Å²) in [5.74, 6) is 1.37. The number of hydrogen-bond acceptors (Lipinski definition) is 3. The largest absolute Gasteiger partial charge is 0.491 e. The zero-order valence-electron chi connectivity index (χ0n) is 10.9. The summed E-state index contributed by atoms with van der Waals surface area (Å²) in [6.45, 7) is 1.40. The number of aliphatic hydroxyl groups excluding tert-OH is 1. The van der Waals surface area contributed by atoms with Crippen LogP contribution in [0.2, 0.25) is 0 Å². The molecule has 19 heavy (non-hydrogen) atoms. The molecule has 1 aliphatic rings. The molecule has 0 aromatic heterocycles. The van der Waals surface area contributed by atoms with Crippen molar-refractivity contribution >= 4 is 6.03 Å². The van der Waals surface area contributed by atoms with Gasteiger partial charge in [-0.3, -0.25) is 0 Å². The lowest BCUT2D eigenvalue weighted by atomic mass is 10.2. The Kier molecular flexibility index (Phi) is 5.03. The van der Waals surface area contributed by atoms with Crippen LogP contribution in [0.1, 0.15) is 18.4 Å². The van der Waals surface area contributed by atoms with Crippen LogP contribution < -0.4 is 15.4 Å². The maximum atomic E-state index is 11.6. The summed E-state index contributed by atoms with van der Waals surface area (Å²) in [6.07, 6.45) is 2.44. The third kappa shape index (κ3) is 4.79. The van der Waals surface area contributed by atoms with Crippen molar-refractivity contribution in [2.45, 2.75) is 19.4 Å². The molecule has 104 valence electrons. The molecule has 1 aromatic carbocycles. The van der Waals surface area contributed by atoms with Gasteiger partial charge >= 0.3 is 6.03 Å². The summed E-state index contributed by atoms with van der Waals surface area (Å²) in [5.41, 5.74) is 0.900. The van der Waals surface area contributed by atoms with Crippen LogP contribution in [0.3, 0.4) is 0 Å². The van der Waals surface area contributed by atoms with Crippen LogP contribution in [-0.2, 0) is 6.54 Å². The van der Waals surface area contributed by atoms with Crippen molar-refractivity contribution in [1.82, 2.24) is 10.6 Å². The monoisotopic (exact) mass is 264 g/mol. The smallest absolute Gasteiger partial charge is 0.315 e. The molecule has 0 unspecified atom stereocenters. The number of urea groups is 1. The van der Waals surface area contributed by atoms with Gasteiger partial charge < -0.3 is 20.5 Å². The van der Waals surface area contributed by atoms with Gasteiger partial charge in [0.25, 0.3) is 0 Å². The first kappa shape index (κ1) is 13.7. The summed E-state index contributed by atoms with van der Waals surface area (Å²) in [6, 6.07) is 7.33. The van der Waals surface area contributed by atoms with Gasteiger partial charge in [0.15, 0.2) is 0 Å². The van der Waals surface area contributed by atoms with E-state index in [1.807, 2.05) is 24.3 Å². The standard InChI is InChI=1S/C14H20N2O3/c17-7-8-19-13-4-2-1-3-12(13)10-16-14(18)15-9-11-5-6-11/h1-4,11,17H,5-10H2,(H2,15,16,18). The Morgan fingerprint density at radius 3 is 2.84 bits per heavy atom. The number of carbonyl (C=O) groups excluding carboxylic acids is 1. The zero-order chi connectivity index (χ0) is 13.5. The predicted molar refractivity (Wildman–Crippen MR) is 72.0 cm³/mol. The first-order valence-electron chi connectivity index (χ1n) is 6.63. The quantitative estimate of drug-likeness (QED) is 0.694. The van der Waals surface area contributed by atoms with Gasteiger partial charge in [0, 0.05) is 18.7 Å². The van der Waals surface area contributed by atoms with Crippen molar-refractivity contribution in [3.8, 4) is 5.75 Å². The molecule has 1 aromatic rings. The van der Waals surface area contributed by atoms with E-state index in [-0.39, 0.29) is 19.2 Å². The van der Waals surface area contributed by atoms with Gasteiger partial charge in [0.1, 0.15) is 12.4 Å². The number of rotatable bonds is 7. The average Bonchev–Trinajstić information content (AvgIpc) is 3.25. The van der Waals surface area contributed by atoms with Gasteiger partial charge in [0.05, 0.1) is 6.61 Å². The lowest BCUT2D eigenvalue weighted by molar-refractivity contribution is 0.200. The summed E-state index contributed by atoms with van der Waals surface area (Å²) < 4.78 is 5.41. The molecule has 0 heterocycles. The highest BCUT2D eigenvalue weighted by Crippen LogP contribution is 2.27. The predicted octanol–water partition coefficient (Wildman–Crippen LogP) is 1.27. The number of carbonyl (C=O) groups is 1. The third-order valence-electron chi connectivity index (χ3n) is 3.01. The number of nitrogens with one attached hydrogen (secondary N) is 2. The molecule has 0 spiro atoms. The molecule has 1 saturated carbocycles. The number of hydrogen-bond donors (Lipinski definition) is 3. The first-order valence-corrected chi connectivity index (χ1v) is 6.63. The van der Waals surface area contributed by atoms with Crippen molar-refractivity contribution in [3.63, 3.8) is 0 Å². The second kappa shape index (κ2) is 6.99. The summed E-state index contributed by atoms with van der Waals surface area (Å²) in [7, 11) is 0. The number of benzene rings is 1. The Morgan fingerprint density at radius 2 is 2.11 bits per heavy atom. The highest BCUT2D eigenvalue weighted by molar-refractivity contribution is 5.73. The molecule has 2 rings (SSSR count). The minimum absolute atomic E-state index is 0.0242. The number of aliphatic hydroxyl groups is 1. The van der Waals surface area contributed by atoms with Gasteiger partial charge in [-0.15, -0.1) is 0 Å². The Morgan fingerprint density at radius 1 is 1.32 bits per heavy atom. The highest BCUT2D eigenvalue weighted by Gasteiger charge is 2.21. The number of ether oxygens (including phenoxy) is 1. The van der Waals surface area contributed by atoms with Gasteiger partial charge in [0.2, 0.25) is 0 Å². The average molecular weight is 264 g/mol. The van der Waals surface area contributed by atoms with Crippen molar-refractivity contribution in [3.05, 3.63) is 29.8 Å². The molecular formula is C14H20N2O3. The van der Waals surface area contributed by atoms with Crippen LogP contribution in [0, 0.1) is 5.92 Å². The highest BCUT2D eigenvalue weighted by atomic mass is 16.5. The van der Waals surface area contributed by atoms with Crippen molar-refractivity contribution in [1.29, 1.82) is 0 Å². The molecule has 2 amide bonds. The minimum Gasteiger partial charge on any atom is -0.491 e. The molecular weight excluding hydrogens is 244 g/mol. The van der Waals surface area contributed by atoms with E-state index in [0.717, 1.165) is 12.1 Å². The molecule has 0 bridgehead atoms. The van der Waals surface area contributed by atoms with Gasteiger partial charge in [-0.05, 0) is 24.8 Å². The SMILES string of the molecule is O=C(NCc1ccccc1OCCO)NCC1CC1. The second-order valence-corrected chi connectivity index (χ2v) is 4.69. The fourth-order valence-electron chi connectivity index (χ4n) is 1.74. The summed E-state index contributed by atoms with van der Waals surface area (Å²) in [5, 5.41) is 14.4. The van der Waals surface area contributed by atoms with Gasteiger partial charge in [-0.1, -0.05) is 18.2 Å². The second-order valence-electron chi connectivity index (χ2n) is 4.69. The summed E-state index contributed by atoms with van der Waals surface area (Å²) >= 11 is 0. The fraction of sp³-hybridized carbons (Fsp3) is 0.500. The van der Waals surface area contributed by atoms with Crippen LogP contribution in [0.15, 0.2) is 24.3 Å². The van der Waals surface area contributed by atoms with Gasteiger partial charge in [-0.25, -0.2) is 4.79 Å². The molecule has 0 atom stereocenters. The van der Waals surface area contributed by atoms with Gasteiger partial charge in [-0.2, -0.15) is 0 Å². The molecule has 3 N–H and O–H groups in total. The zero-order valence-corrected chi connectivity index (χ0v) is 10.9. The molecule has 1 aliphatic carbocycles. The van der Waals surface area contributed by atoms with Crippen LogP contribution in [0.25, 0.3) is 0 Å². The van der Waals surface area contributed by atoms with E-state index in [9.17, 15) is 4.79 Å². The van der Waals surface area contributed by atoms with Crippen LogP contribution >= 0.6 is 0 Å². The first-order chi connectivity index (χ1) is 9.29. The van der Waals surface area contributed by atoms with Crippen molar-refractivity contribution in [2.24, 2.45) is 5.92 Å². The van der Waals surface area contributed by atoms with Crippen LogP contribution in [0.5, 0.6) is 5.75 Å². The Labute approximate surface area is 113 Å². The summed E-state index contributed by atoms with van der Waals surface area (Å²) in [4.78, 5) is 11.6. The number of para-hydroxylation sites is 1. The fourth-order valence-corrected chi connectivity index (χ4v) is 1.74. The third-order valence-corrected chi connectivity index (χ3v) is 3.01. The van der Waals surface area contributed by atoms with E-state index in [1.165, 1.54) is 12.8 Å². The molecule has 0 aliphatic heterocycles. The van der Waals surface area contributed by atoms with E-state index in [0.29, 0.717) is 18.2 Å². The van der Waals surface area contributed by atoms with E-state index < -0.39 is 0 Å². The van der Waals surface area contributed by atoms with E-state index in [1.54, 1.807) is 0 Å².